The Balaban J connectivity index is 1.75. The van der Waals surface area contributed by atoms with Gasteiger partial charge in [-0.3, -0.25) is 4.79 Å². The Hall–Kier alpha value is -2.27. The summed E-state index contributed by atoms with van der Waals surface area (Å²) < 4.78 is 23.9. The van der Waals surface area contributed by atoms with Gasteiger partial charge in [-0.2, -0.15) is 0 Å². The third-order valence-electron chi connectivity index (χ3n) is 3.24. The van der Waals surface area contributed by atoms with Crippen LogP contribution in [0, 0.1) is 5.82 Å². The van der Waals surface area contributed by atoms with Crippen molar-refractivity contribution < 1.29 is 18.7 Å². The van der Waals surface area contributed by atoms with Gasteiger partial charge in [0.2, 0.25) is 0 Å². The fourth-order valence-electron chi connectivity index (χ4n) is 1.99. The van der Waals surface area contributed by atoms with Crippen LogP contribution in [0.3, 0.4) is 0 Å². The van der Waals surface area contributed by atoms with Gasteiger partial charge in [-0.05, 0) is 55.0 Å². The van der Waals surface area contributed by atoms with Crippen LogP contribution in [0.1, 0.15) is 13.3 Å². The smallest absolute Gasteiger partial charge is 0.261 e. The van der Waals surface area contributed by atoms with E-state index in [9.17, 15) is 9.18 Å². The van der Waals surface area contributed by atoms with E-state index in [4.69, 9.17) is 21.1 Å². The molecule has 0 saturated carbocycles. The van der Waals surface area contributed by atoms with Crippen LogP contribution in [0.2, 0.25) is 5.02 Å². The quantitative estimate of drug-likeness (QED) is 0.735. The largest absolute Gasteiger partial charge is 0.492 e. The molecule has 0 aliphatic heterocycles. The number of amides is 1. The monoisotopic (exact) mass is 351 g/mol. The lowest BCUT2D eigenvalue weighted by molar-refractivity contribution is -0.128. The van der Waals surface area contributed by atoms with E-state index < -0.39 is 6.10 Å². The summed E-state index contributed by atoms with van der Waals surface area (Å²) in [7, 11) is 0. The molecule has 2 aromatic rings. The number of ether oxygens (including phenoxy) is 2. The van der Waals surface area contributed by atoms with Crippen molar-refractivity contribution in [3.63, 3.8) is 0 Å². The summed E-state index contributed by atoms with van der Waals surface area (Å²) in [5.41, 5.74) is 0. The van der Waals surface area contributed by atoms with Crippen molar-refractivity contribution in [2.75, 3.05) is 13.2 Å². The molecule has 2 aromatic carbocycles. The maximum absolute atomic E-state index is 12.8. The maximum Gasteiger partial charge on any atom is 0.261 e. The van der Waals surface area contributed by atoms with Gasteiger partial charge in [-0.15, -0.1) is 0 Å². The fraction of sp³-hybridized carbons (Fsp3) is 0.278. The summed E-state index contributed by atoms with van der Waals surface area (Å²) in [5.74, 6) is 0.606. The van der Waals surface area contributed by atoms with Crippen molar-refractivity contribution in [2.24, 2.45) is 0 Å². The zero-order valence-corrected chi connectivity index (χ0v) is 14.1. The van der Waals surface area contributed by atoms with Gasteiger partial charge in [0.05, 0.1) is 6.54 Å². The molecular weight excluding hydrogens is 333 g/mol. The van der Waals surface area contributed by atoms with E-state index in [0.717, 1.165) is 0 Å². The van der Waals surface area contributed by atoms with Crippen LogP contribution in [0.4, 0.5) is 4.39 Å². The van der Waals surface area contributed by atoms with Crippen LogP contribution in [0.15, 0.2) is 48.5 Å². The second-order valence-electron chi connectivity index (χ2n) is 5.06. The first-order valence-corrected chi connectivity index (χ1v) is 8.04. The Morgan fingerprint density at radius 1 is 1.12 bits per heavy atom. The SMILES string of the molecule is CC[C@H](Oc1ccc(Cl)cc1)C(=O)NCCOc1ccc(F)cc1. The summed E-state index contributed by atoms with van der Waals surface area (Å²) in [6.07, 6.45) is -0.0511. The number of halogens is 2. The highest BCUT2D eigenvalue weighted by Crippen LogP contribution is 2.17. The third kappa shape index (κ3) is 5.74. The van der Waals surface area contributed by atoms with Crippen LogP contribution in [-0.2, 0) is 4.79 Å². The summed E-state index contributed by atoms with van der Waals surface area (Å²) in [6.45, 7) is 2.49. The number of nitrogens with one attached hydrogen (secondary N) is 1. The fourth-order valence-corrected chi connectivity index (χ4v) is 2.11. The molecule has 0 spiro atoms. The van der Waals surface area contributed by atoms with Crippen molar-refractivity contribution in [1.29, 1.82) is 0 Å². The number of carbonyl (C=O) groups is 1. The first kappa shape index (κ1) is 18.1. The van der Waals surface area contributed by atoms with Crippen LogP contribution in [0.5, 0.6) is 11.5 Å². The van der Waals surface area contributed by atoms with Crippen molar-refractivity contribution in [3.05, 3.63) is 59.4 Å². The first-order chi connectivity index (χ1) is 11.6. The summed E-state index contributed by atoms with van der Waals surface area (Å²) in [6, 6.07) is 12.6. The molecule has 0 radical (unpaired) electrons. The molecule has 2 rings (SSSR count). The molecule has 4 nitrogen and oxygen atoms in total. The molecule has 128 valence electrons. The van der Waals surface area contributed by atoms with E-state index >= 15 is 0 Å². The van der Waals surface area contributed by atoms with Gasteiger partial charge in [-0.25, -0.2) is 4.39 Å². The summed E-state index contributed by atoms with van der Waals surface area (Å²) in [4.78, 5) is 12.1. The second-order valence-corrected chi connectivity index (χ2v) is 5.50. The highest BCUT2D eigenvalue weighted by molar-refractivity contribution is 6.30. The van der Waals surface area contributed by atoms with Gasteiger partial charge < -0.3 is 14.8 Å². The van der Waals surface area contributed by atoms with Crippen LogP contribution in [0.25, 0.3) is 0 Å². The Bertz CT molecular complexity index is 646. The first-order valence-electron chi connectivity index (χ1n) is 7.67. The third-order valence-corrected chi connectivity index (χ3v) is 3.49. The molecule has 0 aromatic heterocycles. The summed E-state index contributed by atoms with van der Waals surface area (Å²) >= 11 is 5.82. The average Bonchev–Trinajstić information content (AvgIpc) is 2.59. The number of hydrogen-bond acceptors (Lipinski definition) is 3. The van der Waals surface area contributed by atoms with E-state index in [1.165, 1.54) is 24.3 Å². The van der Waals surface area contributed by atoms with Gasteiger partial charge in [0, 0.05) is 5.02 Å². The molecule has 0 fully saturated rings. The second kappa shape index (κ2) is 9.13. The predicted octanol–water partition coefficient (Wildman–Crippen LogP) is 3.83. The standard InChI is InChI=1S/C18H19ClFNO3/c1-2-17(24-16-7-3-13(19)4-8-16)18(22)21-11-12-23-15-9-5-14(20)6-10-15/h3-10,17H,2,11-12H2,1H3,(H,21,22)/t17-/m0/s1. The topological polar surface area (TPSA) is 47.6 Å². The number of carbonyl (C=O) groups excluding carboxylic acids is 1. The molecular formula is C18H19ClFNO3. The van der Waals surface area contributed by atoms with Crippen LogP contribution < -0.4 is 14.8 Å². The average molecular weight is 352 g/mol. The van der Waals surface area contributed by atoms with E-state index in [1.54, 1.807) is 24.3 Å². The Labute approximate surface area is 145 Å². The van der Waals surface area contributed by atoms with E-state index in [0.29, 0.717) is 29.5 Å². The van der Waals surface area contributed by atoms with Crippen molar-refractivity contribution in [3.8, 4) is 11.5 Å². The van der Waals surface area contributed by atoms with E-state index in [-0.39, 0.29) is 18.3 Å². The molecule has 0 aliphatic carbocycles. The number of benzene rings is 2. The summed E-state index contributed by atoms with van der Waals surface area (Å²) in [5, 5.41) is 3.37. The Kier molecular flexibility index (Phi) is 6.88. The zero-order chi connectivity index (χ0) is 17.4. The van der Waals surface area contributed by atoms with E-state index in [2.05, 4.69) is 5.32 Å². The number of rotatable bonds is 8. The predicted molar refractivity (Wildman–Crippen MR) is 91.1 cm³/mol. The minimum absolute atomic E-state index is 0.213. The lowest BCUT2D eigenvalue weighted by Gasteiger charge is -2.17. The molecule has 1 N–H and O–H groups in total. The Morgan fingerprint density at radius 2 is 1.75 bits per heavy atom. The van der Waals surface area contributed by atoms with Gasteiger partial charge in [0.1, 0.15) is 23.9 Å². The lowest BCUT2D eigenvalue weighted by Crippen LogP contribution is -2.39. The maximum atomic E-state index is 12.8. The molecule has 6 heteroatoms. The molecule has 0 aliphatic rings. The molecule has 24 heavy (non-hydrogen) atoms. The number of hydrogen-bond donors (Lipinski definition) is 1. The molecule has 1 amide bonds. The normalized spacial score (nSPS) is 11.6. The molecule has 0 saturated heterocycles. The highest BCUT2D eigenvalue weighted by atomic mass is 35.5. The Morgan fingerprint density at radius 3 is 2.38 bits per heavy atom. The van der Waals surface area contributed by atoms with Crippen LogP contribution in [-0.4, -0.2) is 25.2 Å². The van der Waals surface area contributed by atoms with Crippen molar-refractivity contribution >= 4 is 17.5 Å². The van der Waals surface area contributed by atoms with Gasteiger partial charge in [0.25, 0.3) is 5.91 Å². The van der Waals surface area contributed by atoms with Gasteiger partial charge >= 0.3 is 0 Å². The zero-order valence-electron chi connectivity index (χ0n) is 13.3. The van der Waals surface area contributed by atoms with E-state index in [1.807, 2.05) is 6.92 Å². The van der Waals surface area contributed by atoms with Crippen molar-refractivity contribution in [2.45, 2.75) is 19.4 Å². The highest BCUT2D eigenvalue weighted by Gasteiger charge is 2.17. The van der Waals surface area contributed by atoms with Gasteiger partial charge in [0.15, 0.2) is 6.10 Å². The molecule has 0 bridgehead atoms. The molecule has 0 heterocycles. The van der Waals surface area contributed by atoms with Crippen LogP contribution >= 0.6 is 11.6 Å². The molecule has 1 atom stereocenters. The minimum Gasteiger partial charge on any atom is -0.492 e. The van der Waals surface area contributed by atoms with Gasteiger partial charge in [-0.1, -0.05) is 18.5 Å². The molecule has 0 unspecified atom stereocenters. The lowest BCUT2D eigenvalue weighted by atomic mass is 10.2. The minimum atomic E-state index is -0.586. The van der Waals surface area contributed by atoms with Crippen molar-refractivity contribution in [1.82, 2.24) is 5.32 Å².